The first-order valence-corrected chi connectivity index (χ1v) is 6.77. The Morgan fingerprint density at radius 3 is 2.47 bits per heavy atom. The number of halogens is 1. The molecule has 3 heteroatoms. The minimum atomic E-state index is -0.329. The van der Waals surface area contributed by atoms with Crippen molar-refractivity contribution in [3.63, 3.8) is 0 Å². The molecule has 1 aromatic carbocycles. The second kappa shape index (κ2) is 6.50. The third-order valence-corrected chi connectivity index (χ3v) is 3.71. The number of allylic oxidation sites excluding steroid dienone is 1. The fraction of sp³-hybridized carbons (Fsp3) is 0.438. The summed E-state index contributed by atoms with van der Waals surface area (Å²) in [6.45, 7) is 3.75. The highest BCUT2D eigenvalue weighted by Crippen LogP contribution is 2.31. The van der Waals surface area contributed by atoms with Crippen LogP contribution in [0.4, 0.5) is 4.39 Å². The van der Waals surface area contributed by atoms with Gasteiger partial charge < -0.3 is 4.74 Å². The smallest absolute Gasteiger partial charge is 0.314 e. The lowest BCUT2D eigenvalue weighted by molar-refractivity contribution is -0.140. The third kappa shape index (κ3) is 3.91. The van der Waals surface area contributed by atoms with Gasteiger partial charge in [-0.15, -0.1) is 6.58 Å². The quantitative estimate of drug-likeness (QED) is 0.463. The molecule has 0 aliphatic heterocycles. The van der Waals surface area contributed by atoms with E-state index in [1.807, 2.05) is 6.08 Å². The predicted octanol–water partition coefficient (Wildman–Crippen LogP) is 4.11. The van der Waals surface area contributed by atoms with Gasteiger partial charge in [-0.1, -0.05) is 6.08 Å². The van der Waals surface area contributed by atoms with Crippen LogP contribution in [-0.4, -0.2) is 5.97 Å². The van der Waals surface area contributed by atoms with Gasteiger partial charge in [0.2, 0.25) is 0 Å². The predicted molar refractivity (Wildman–Crippen MR) is 72.3 cm³/mol. The minimum Gasteiger partial charge on any atom is -0.426 e. The maximum absolute atomic E-state index is 12.7. The number of hydrogen-bond donors (Lipinski definition) is 0. The van der Waals surface area contributed by atoms with E-state index in [1.165, 1.54) is 24.3 Å². The molecule has 1 aromatic rings. The van der Waals surface area contributed by atoms with Gasteiger partial charge >= 0.3 is 5.97 Å². The van der Waals surface area contributed by atoms with Crippen LogP contribution in [0.25, 0.3) is 0 Å². The fourth-order valence-corrected chi connectivity index (χ4v) is 2.57. The Labute approximate surface area is 113 Å². The molecule has 0 heterocycles. The van der Waals surface area contributed by atoms with Crippen LogP contribution < -0.4 is 4.74 Å². The average molecular weight is 262 g/mol. The molecule has 0 N–H and O–H groups in total. The SMILES string of the molecule is C=CCC1CCC(C(=O)Oc2ccc(F)cc2)CC1. The van der Waals surface area contributed by atoms with Gasteiger partial charge in [-0.3, -0.25) is 4.79 Å². The molecule has 0 unspecified atom stereocenters. The number of hydrogen-bond acceptors (Lipinski definition) is 2. The Morgan fingerprint density at radius 1 is 1.26 bits per heavy atom. The molecule has 102 valence electrons. The van der Waals surface area contributed by atoms with E-state index in [4.69, 9.17) is 4.74 Å². The van der Waals surface area contributed by atoms with Crippen molar-refractivity contribution in [1.29, 1.82) is 0 Å². The summed E-state index contributed by atoms with van der Waals surface area (Å²) in [5.41, 5.74) is 0. The monoisotopic (exact) mass is 262 g/mol. The number of esters is 1. The largest absolute Gasteiger partial charge is 0.426 e. The van der Waals surface area contributed by atoms with E-state index < -0.39 is 0 Å². The first kappa shape index (κ1) is 13.8. The highest BCUT2D eigenvalue weighted by atomic mass is 19.1. The lowest BCUT2D eigenvalue weighted by atomic mass is 9.80. The molecular weight excluding hydrogens is 243 g/mol. The summed E-state index contributed by atoms with van der Waals surface area (Å²) in [4.78, 5) is 12.0. The van der Waals surface area contributed by atoms with Crippen molar-refractivity contribution in [2.75, 3.05) is 0 Å². The average Bonchev–Trinajstić information content (AvgIpc) is 2.42. The van der Waals surface area contributed by atoms with Crippen molar-refractivity contribution in [2.24, 2.45) is 11.8 Å². The zero-order valence-corrected chi connectivity index (χ0v) is 11.0. The summed E-state index contributed by atoms with van der Waals surface area (Å²) in [7, 11) is 0. The summed E-state index contributed by atoms with van der Waals surface area (Å²) < 4.78 is 18.0. The molecular formula is C16H19FO2. The van der Waals surface area contributed by atoms with Crippen LogP contribution in [0.5, 0.6) is 5.75 Å². The molecule has 0 aromatic heterocycles. The molecule has 0 bridgehead atoms. The highest BCUT2D eigenvalue weighted by Gasteiger charge is 2.27. The van der Waals surface area contributed by atoms with Crippen LogP contribution in [-0.2, 0) is 4.79 Å². The summed E-state index contributed by atoms with van der Waals surface area (Å²) in [6, 6.07) is 5.56. The van der Waals surface area contributed by atoms with E-state index in [-0.39, 0.29) is 17.7 Å². The third-order valence-electron chi connectivity index (χ3n) is 3.71. The lowest BCUT2D eigenvalue weighted by Gasteiger charge is -2.26. The Kier molecular flexibility index (Phi) is 4.72. The van der Waals surface area contributed by atoms with Gasteiger partial charge in [-0.25, -0.2) is 4.39 Å². The van der Waals surface area contributed by atoms with Gasteiger partial charge in [-0.2, -0.15) is 0 Å². The summed E-state index contributed by atoms with van der Waals surface area (Å²) in [6.07, 6.45) is 6.82. The molecule has 0 saturated heterocycles. The maximum atomic E-state index is 12.7. The Balaban J connectivity index is 1.84. The van der Waals surface area contributed by atoms with Crippen LogP contribution in [0.1, 0.15) is 32.1 Å². The van der Waals surface area contributed by atoms with E-state index in [0.717, 1.165) is 32.1 Å². The van der Waals surface area contributed by atoms with Gasteiger partial charge in [0, 0.05) is 0 Å². The second-order valence-electron chi connectivity index (χ2n) is 5.12. The van der Waals surface area contributed by atoms with Crippen molar-refractivity contribution >= 4 is 5.97 Å². The van der Waals surface area contributed by atoms with Gasteiger partial charge in [0.05, 0.1) is 5.92 Å². The topological polar surface area (TPSA) is 26.3 Å². The zero-order valence-electron chi connectivity index (χ0n) is 11.0. The molecule has 1 aliphatic rings. The zero-order chi connectivity index (χ0) is 13.7. The Bertz CT molecular complexity index is 431. The number of ether oxygens (including phenoxy) is 1. The van der Waals surface area contributed by atoms with Gasteiger partial charge in [0.15, 0.2) is 0 Å². The molecule has 0 atom stereocenters. The molecule has 1 aliphatic carbocycles. The summed E-state index contributed by atoms with van der Waals surface area (Å²) in [5.74, 6) is 0.534. The molecule has 2 rings (SSSR count). The molecule has 1 fully saturated rings. The molecule has 1 saturated carbocycles. The lowest BCUT2D eigenvalue weighted by Crippen LogP contribution is -2.25. The number of carbonyl (C=O) groups excluding carboxylic acids is 1. The number of rotatable bonds is 4. The summed E-state index contributed by atoms with van der Waals surface area (Å²) >= 11 is 0. The van der Waals surface area contributed by atoms with Crippen molar-refractivity contribution in [1.82, 2.24) is 0 Å². The van der Waals surface area contributed by atoms with Crippen LogP contribution in [0.3, 0.4) is 0 Å². The molecule has 0 spiro atoms. The first-order valence-electron chi connectivity index (χ1n) is 6.77. The van der Waals surface area contributed by atoms with Crippen molar-refractivity contribution in [3.8, 4) is 5.75 Å². The van der Waals surface area contributed by atoms with Gasteiger partial charge in [0.25, 0.3) is 0 Å². The fourth-order valence-electron chi connectivity index (χ4n) is 2.57. The highest BCUT2D eigenvalue weighted by molar-refractivity contribution is 5.75. The van der Waals surface area contributed by atoms with Gasteiger partial charge in [0.1, 0.15) is 11.6 Å². The van der Waals surface area contributed by atoms with Crippen molar-refractivity contribution < 1.29 is 13.9 Å². The summed E-state index contributed by atoms with van der Waals surface area (Å²) in [5, 5.41) is 0. The van der Waals surface area contributed by atoms with Crippen molar-refractivity contribution in [2.45, 2.75) is 32.1 Å². The van der Waals surface area contributed by atoms with Crippen LogP contribution in [0.2, 0.25) is 0 Å². The van der Waals surface area contributed by atoms with Crippen molar-refractivity contribution in [3.05, 3.63) is 42.7 Å². The van der Waals surface area contributed by atoms with Crippen LogP contribution >= 0.6 is 0 Å². The molecule has 2 nitrogen and oxygen atoms in total. The number of carbonyl (C=O) groups is 1. The first-order chi connectivity index (χ1) is 9.19. The van der Waals surface area contributed by atoms with E-state index in [1.54, 1.807) is 0 Å². The second-order valence-corrected chi connectivity index (χ2v) is 5.12. The number of benzene rings is 1. The van der Waals surface area contributed by atoms with Crippen LogP contribution in [0.15, 0.2) is 36.9 Å². The van der Waals surface area contributed by atoms with Crippen LogP contribution in [0, 0.1) is 17.7 Å². The molecule has 0 radical (unpaired) electrons. The van der Waals surface area contributed by atoms with Gasteiger partial charge in [-0.05, 0) is 62.3 Å². The van der Waals surface area contributed by atoms with E-state index in [9.17, 15) is 9.18 Å². The maximum Gasteiger partial charge on any atom is 0.314 e. The van der Waals surface area contributed by atoms with E-state index in [0.29, 0.717) is 11.7 Å². The Hall–Kier alpha value is -1.64. The normalized spacial score (nSPS) is 22.8. The van der Waals surface area contributed by atoms with E-state index in [2.05, 4.69) is 6.58 Å². The Morgan fingerprint density at radius 2 is 1.89 bits per heavy atom. The standard InChI is InChI=1S/C16H19FO2/c1-2-3-12-4-6-13(7-5-12)16(18)19-15-10-8-14(17)9-11-15/h2,8-13H,1,3-7H2. The molecule has 0 amide bonds. The molecule has 19 heavy (non-hydrogen) atoms. The van der Waals surface area contributed by atoms with E-state index >= 15 is 0 Å². The minimum absolute atomic E-state index is 0.0221.